The van der Waals surface area contributed by atoms with Crippen LogP contribution in [-0.2, 0) is 11.2 Å². The molecule has 1 N–H and O–H groups in total. The van der Waals surface area contributed by atoms with Crippen LogP contribution in [0.2, 0.25) is 0 Å². The second-order valence-corrected chi connectivity index (χ2v) is 6.76. The Morgan fingerprint density at radius 3 is 2.47 bits per heavy atom. The smallest absolute Gasteiger partial charge is 0.258 e. The zero-order chi connectivity index (χ0) is 20.6. The van der Waals surface area contributed by atoms with Gasteiger partial charge in [0.25, 0.3) is 5.91 Å². The zero-order valence-corrected chi connectivity index (χ0v) is 16.3. The first-order valence-electron chi connectivity index (χ1n) is 9.62. The molecule has 0 aliphatic carbocycles. The molecule has 7 nitrogen and oxygen atoms in total. The van der Waals surface area contributed by atoms with E-state index in [1.54, 1.807) is 12.1 Å². The van der Waals surface area contributed by atoms with Gasteiger partial charge in [0.05, 0.1) is 11.7 Å². The maximum Gasteiger partial charge on any atom is 0.258 e. The van der Waals surface area contributed by atoms with Gasteiger partial charge in [0, 0.05) is 6.07 Å². The van der Waals surface area contributed by atoms with E-state index in [4.69, 9.17) is 4.74 Å². The van der Waals surface area contributed by atoms with Gasteiger partial charge in [0.1, 0.15) is 12.1 Å². The molecule has 0 saturated carbocycles. The molecule has 0 radical (unpaired) electrons. The Labute approximate surface area is 174 Å². The number of nitrogens with zero attached hydrogens (tertiary/aromatic N) is 4. The number of hydrogen-bond donors (Lipinski definition) is 1. The standard InChI is InChI=1S/C23H21N5O2/c29-23(16-30-21-13-7-12-20(15-21)28-17-24-26-27-28)25-22(19-10-5-2-6-11-19)14-18-8-3-1-4-9-18/h1-13,15,17,22H,14,16H2,(H,25,29)/t22-/m1/s1. The summed E-state index contributed by atoms with van der Waals surface area (Å²) < 4.78 is 7.23. The van der Waals surface area contributed by atoms with Crippen LogP contribution in [0.15, 0.2) is 91.3 Å². The fourth-order valence-electron chi connectivity index (χ4n) is 3.17. The Kier molecular flexibility index (Phi) is 6.10. The molecule has 7 heteroatoms. The number of carbonyl (C=O) groups excluding carboxylic acids is 1. The monoisotopic (exact) mass is 399 g/mol. The molecule has 0 bridgehead atoms. The molecule has 0 spiro atoms. The SMILES string of the molecule is O=C(COc1cccc(-n2cnnn2)c1)N[C@H](Cc1ccccc1)c1ccccc1. The number of rotatable bonds is 8. The van der Waals surface area contributed by atoms with Crippen LogP contribution in [0.1, 0.15) is 17.2 Å². The van der Waals surface area contributed by atoms with E-state index >= 15 is 0 Å². The third-order valence-electron chi connectivity index (χ3n) is 4.62. The van der Waals surface area contributed by atoms with Crippen molar-refractivity contribution < 1.29 is 9.53 Å². The molecule has 150 valence electrons. The van der Waals surface area contributed by atoms with Gasteiger partial charge in [-0.25, -0.2) is 4.68 Å². The lowest BCUT2D eigenvalue weighted by atomic mass is 9.99. The molecule has 3 aromatic carbocycles. The van der Waals surface area contributed by atoms with Crippen LogP contribution < -0.4 is 10.1 Å². The zero-order valence-electron chi connectivity index (χ0n) is 16.3. The van der Waals surface area contributed by atoms with Crippen LogP contribution >= 0.6 is 0 Å². The van der Waals surface area contributed by atoms with Gasteiger partial charge in [0.15, 0.2) is 6.61 Å². The average Bonchev–Trinajstić information content (AvgIpc) is 3.34. The molecule has 1 aromatic heterocycles. The predicted molar refractivity (Wildman–Crippen MR) is 112 cm³/mol. The fraction of sp³-hybridized carbons (Fsp3) is 0.130. The largest absolute Gasteiger partial charge is 0.484 e. The first-order chi connectivity index (χ1) is 14.8. The molecule has 30 heavy (non-hydrogen) atoms. The van der Waals surface area contributed by atoms with Gasteiger partial charge in [-0.2, -0.15) is 0 Å². The Bertz CT molecular complexity index is 1070. The molecule has 0 aliphatic rings. The van der Waals surface area contributed by atoms with Crippen molar-refractivity contribution in [2.45, 2.75) is 12.5 Å². The fourth-order valence-corrected chi connectivity index (χ4v) is 3.17. The van der Waals surface area contributed by atoms with Gasteiger partial charge in [-0.15, -0.1) is 5.10 Å². The Morgan fingerprint density at radius 1 is 0.967 bits per heavy atom. The van der Waals surface area contributed by atoms with E-state index in [0.29, 0.717) is 12.2 Å². The van der Waals surface area contributed by atoms with Crippen LogP contribution in [0.25, 0.3) is 5.69 Å². The highest BCUT2D eigenvalue weighted by Gasteiger charge is 2.16. The molecule has 0 aliphatic heterocycles. The molecular weight excluding hydrogens is 378 g/mol. The molecule has 0 unspecified atom stereocenters. The average molecular weight is 399 g/mol. The van der Waals surface area contributed by atoms with Gasteiger partial charge in [-0.1, -0.05) is 66.7 Å². The second-order valence-electron chi connectivity index (χ2n) is 6.76. The lowest BCUT2D eigenvalue weighted by Crippen LogP contribution is -2.33. The van der Waals surface area contributed by atoms with Crippen molar-refractivity contribution in [1.82, 2.24) is 25.5 Å². The van der Waals surface area contributed by atoms with Crippen LogP contribution in [-0.4, -0.2) is 32.7 Å². The minimum absolute atomic E-state index is 0.0861. The molecule has 4 aromatic rings. The predicted octanol–water partition coefficient (Wildman–Crippen LogP) is 3.14. The summed E-state index contributed by atoms with van der Waals surface area (Å²) in [6.07, 6.45) is 2.20. The molecule has 0 saturated heterocycles. The van der Waals surface area contributed by atoms with E-state index in [1.807, 2.05) is 60.7 Å². The lowest BCUT2D eigenvalue weighted by molar-refractivity contribution is -0.123. The first kappa shape index (κ1) is 19.3. The summed E-state index contributed by atoms with van der Waals surface area (Å²) in [6.45, 7) is -0.0861. The second kappa shape index (κ2) is 9.47. The van der Waals surface area contributed by atoms with Crippen molar-refractivity contribution in [2.75, 3.05) is 6.61 Å². The highest BCUT2D eigenvalue weighted by molar-refractivity contribution is 5.78. The Hall–Kier alpha value is -4.00. The summed E-state index contributed by atoms with van der Waals surface area (Å²) >= 11 is 0. The summed E-state index contributed by atoms with van der Waals surface area (Å²) in [5.41, 5.74) is 2.96. The summed E-state index contributed by atoms with van der Waals surface area (Å²) in [6, 6.07) is 27.2. The normalized spacial score (nSPS) is 11.6. The van der Waals surface area contributed by atoms with Crippen molar-refractivity contribution in [3.8, 4) is 11.4 Å². The highest BCUT2D eigenvalue weighted by atomic mass is 16.5. The van der Waals surface area contributed by atoms with E-state index in [2.05, 4.69) is 33.0 Å². The maximum absolute atomic E-state index is 12.6. The van der Waals surface area contributed by atoms with Crippen molar-refractivity contribution in [3.63, 3.8) is 0 Å². The number of amides is 1. The third-order valence-corrected chi connectivity index (χ3v) is 4.62. The number of aromatic nitrogens is 4. The molecule has 4 rings (SSSR count). The van der Waals surface area contributed by atoms with E-state index in [1.165, 1.54) is 11.0 Å². The Balaban J connectivity index is 1.41. The number of carbonyl (C=O) groups is 1. The lowest BCUT2D eigenvalue weighted by Gasteiger charge is -2.20. The van der Waals surface area contributed by atoms with Gasteiger partial charge in [-0.05, 0) is 40.1 Å². The number of tetrazole rings is 1. The van der Waals surface area contributed by atoms with E-state index in [9.17, 15) is 4.79 Å². The van der Waals surface area contributed by atoms with E-state index in [-0.39, 0.29) is 18.6 Å². The first-order valence-corrected chi connectivity index (χ1v) is 9.62. The van der Waals surface area contributed by atoms with Gasteiger partial charge in [-0.3, -0.25) is 4.79 Å². The topological polar surface area (TPSA) is 81.9 Å². The molecule has 1 atom stereocenters. The van der Waals surface area contributed by atoms with Crippen LogP contribution in [0, 0.1) is 0 Å². The van der Waals surface area contributed by atoms with Crippen LogP contribution in [0.5, 0.6) is 5.75 Å². The number of hydrogen-bond acceptors (Lipinski definition) is 5. The van der Waals surface area contributed by atoms with Crippen molar-refractivity contribution in [2.24, 2.45) is 0 Å². The van der Waals surface area contributed by atoms with Gasteiger partial charge < -0.3 is 10.1 Å². The van der Waals surface area contributed by atoms with E-state index in [0.717, 1.165) is 16.8 Å². The van der Waals surface area contributed by atoms with Crippen LogP contribution in [0.3, 0.4) is 0 Å². The van der Waals surface area contributed by atoms with Crippen molar-refractivity contribution in [1.29, 1.82) is 0 Å². The highest BCUT2D eigenvalue weighted by Crippen LogP contribution is 2.19. The summed E-state index contributed by atoms with van der Waals surface area (Å²) in [7, 11) is 0. The molecule has 0 fully saturated rings. The summed E-state index contributed by atoms with van der Waals surface area (Å²) in [4.78, 5) is 12.6. The van der Waals surface area contributed by atoms with Gasteiger partial charge in [0.2, 0.25) is 0 Å². The maximum atomic E-state index is 12.6. The number of nitrogens with one attached hydrogen (secondary N) is 1. The summed E-state index contributed by atoms with van der Waals surface area (Å²) in [5.74, 6) is 0.380. The number of benzene rings is 3. The van der Waals surface area contributed by atoms with Crippen LogP contribution in [0.4, 0.5) is 0 Å². The third kappa shape index (κ3) is 5.08. The minimum Gasteiger partial charge on any atom is -0.484 e. The summed E-state index contributed by atoms with van der Waals surface area (Å²) in [5, 5.41) is 14.2. The Morgan fingerprint density at radius 2 is 1.73 bits per heavy atom. The van der Waals surface area contributed by atoms with E-state index < -0.39 is 0 Å². The van der Waals surface area contributed by atoms with Crippen molar-refractivity contribution in [3.05, 3.63) is 102 Å². The van der Waals surface area contributed by atoms with Gasteiger partial charge >= 0.3 is 0 Å². The molecule has 1 amide bonds. The number of ether oxygens (including phenoxy) is 1. The molecule has 1 heterocycles. The quantitative estimate of drug-likeness (QED) is 0.492. The molecular formula is C23H21N5O2. The van der Waals surface area contributed by atoms with Crippen molar-refractivity contribution >= 4 is 5.91 Å². The minimum atomic E-state index is -0.187.